The highest BCUT2D eigenvalue weighted by atomic mass is 16.3. The molecule has 1 aromatic carbocycles. The number of carbonyl (C=O) groups is 2. The molecule has 1 aromatic rings. The number of benzene rings is 1. The van der Waals surface area contributed by atoms with Gasteiger partial charge >= 0.3 is 0 Å². The van der Waals surface area contributed by atoms with Crippen LogP contribution in [0.2, 0.25) is 0 Å². The third-order valence-corrected chi connectivity index (χ3v) is 5.92. The number of rotatable bonds is 7. The van der Waals surface area contributed by atoms with E-state index in [9.17, 15) is 14.7 Å². The molecule has 0 spiro atoms. The topological polar surface area (TPSA) is 69.6 Å². The lowest BCUT2D eigenvalue weighted by Gasteiger charge is -2.31. The van der Waals surface area contributed by atoms with Gasteiger partial charge in [-0.3, -0.25) is 9.59 Å². The zero-order chi connectivity index (χ0) is 17.8. The number of aliphatic hydroxyl groups is 1. The minimum absolute atomic E-state index is 0.0687. The van der Waals surface area contributed by atoms with Crippen LogP contribution in [0.15, 0.2) is 30.3 Å². The van der Waals surface area contributed by atoms with Gasteiger partial charge in [0.2, 0.25) is 11.8 Å². The van der Waals surface area contributed by atoms with Gasteiger partial charge in [-0.2, -0.15) is 0 Å². The molecule has 5 nitrogen and oxygen atoms in total. The smallest absolute Gasteiger partial charge is 0.239 e. The Labute approximate surface area is 149 Å². The van der Waals surface area contributed by atoms with E-state index >= 15 is 0 Å². The molecule has 2 amide bonds. The summed E-state index contributed by atoms with van der Waals surface area (Å²) in [6.45, 7) is 2.27. The van der Waals surface area contributed by atoms with E-state index in [-0.39, 0.29) is 36.9 Å². The molecule has 0 radical (unpaired) electrons. The van der Waals surface area contributed by atoms with Crippen LogP contribution in [0.4, 0.5) is 0 Å². The van der Waals surface area contributed by atoms with Crippen molar-refractivity contribution in [1.82, 2.24) is 10.2 Å². The molecule has 4 unspecified atom stereocenters. The summed E-state index contributed by atoms with van der Waals surface area (Å²) in [5.74, 6) is 1.01. The second-order valence-corrected chi connectivity index (χ2v) is 7.45. The second kappa shape index (κ2) is 8.00. The number of hydrogen-bond donors (Lipinski definition) is 2. The van der Waals surface area contributed by atoms with Crippen LogP contribution in [-0.2, 0) is 16.0 Å². The fourth-order valence-electron chi connectivity index (χ4n) is 4.56. The van der Waals surface area contributed by atoms with Crippen LogP contribution in [0.1, 0.15) is 31.7 Å². The maximum absolute atomic E-state index is 12.5. The minimum Gasteiger partial charge on any atom is -0.396 e. The van der Waals surface area contributed by atoms with Crippen molar-refractivity contribution in [1.29, 1.82) is 0 Å². The molecule has 2 saturated carbocycles. The van der Waals surface area contributed by atoms with E-state index in [0.29, 0.717) is 18.4 Å². The van der Waals surface area contributed by atoms with Gasteiger partial charge in [-0.05, 0) is 43.1 Å². The van der Waals surface area contributed by atoms with E-state index in [1.807, 2.05) is 30.3 Å². The van der Waals surface area contributed by atoms with Crippen molar-refractivity contribution in [3.05, 3.63) is 35.9 Å². The number of nitrogens with zero attached hydrogens (tertiary/aromatic N) is 1. The molecule has 5 heteroatoms. The normalized spacial score (nSPS) is 27.3. The van der Waals surface area contributed by atoms with Gasteiger partial charge in [-0.25, -0.2) is 0 Å². The molecule has 0 saturated heterocycles. The lowest BCUT2D eigenvalue weighted by atomic mass is 9.85. The highest BCUT2D eigenvalue weighted by Crippen LogP contribution is 2.48. The molecule has 136 valence electrons. The first-order chi connectivity index (χ1) is 12.1. The summed E-state index contributed by atoms with van der Waals surface area (Å²) < 4.78 is 0. The second-order valence-electron chi connectivity index (χ2n) is 7.45. The fourth-order valence-corrected chi connectivity index (χ4v) is 4.56. The van der Waals surface area contributed by atoms with Crippen molar-refractivity contribution >= 4 is 11.8 Å². The number of fused-ring (bicyclic) bond motifs is 2. The summed E-state index contributed by atoms with van der Waals surface area (Å²) in [7, 11) is 0. The third-order valence-electron chi connectivity index (χ3n) is 5.92. The lowest BCUT2D eigenvalue weighted by Crippen LogP contribution is -2.49. The maximum atomic E-state index is 12.5. The average molecular weight is 344 g/mol. The Hall–Kier alpha value is -1.88. The van der Waals surface area contributed by atoms with Gasteiger partial charge in [-0.15, -0.1) is 0 Å². The van der Waals surface area contributed by atoms with Gasteiger partial charge < -0.3 is 15.3 Å². The van der Waals surface area contributed by atoms with Crippen LogP contribution < -0.4 is 5.32 Å². The summed E-state index contributed by atoms with van der Waals surface area (Å²) >= 11 is 0. The van der Waals surface area contributed by atoms with E-state index in [2.05, 4.69) is 5.32 Å². The summed E-state index contributed by atoms with van der Waals surface area (Å²) in [6.07, 6.45) is 4.15. The molecule has 25 heavy (non-hydrogen) atoms. The zero-order valence-electron chi connectivity index (χ0n) is 14.9. The molecule has 3 rings (SSSR count). The van der Waals surface area contributed by atoms with Crippen LogP contribution in [-0.4, -0.2) is 47.6 Å². The molecular formula is C20H28N2O3. The monoisotopic (exact) mass is 344 g/mol. The Kier molecular flexibility index (Phi) is 5.74. The minimum atomic E-state index is -0.112. The molecule has 2 fully saturated rings. The van der Waals surface area contributed by atoms with Crippen LogP contribution in [0, 0.1) is 17.8 Å². The van der Waals surface area contributed by atoms with Crippen LogP contribution in [0.3, 0.4) is 0 Å². The highest BCUT2D eigenvalue weighted by molar-refractivity contribution is 5.84. The number of amides is 2. The molecule has 0 aromatic heterocycles. The first-order valence-electron chi connectivity index (χ1n) is 9.28. The van der Waals surface area contributed by atoms with Gasteiger partial charge in [0.05, 0.1) is 6.54 Å². The van der Waals surface area contributed by atoms with E-state index in [4.69, 9.17) is 0 Å². The predicted molar refractivity (Wildman–Crippen MR) is 95.7 cm³/mol. The summed E-state index contributed by atoms with van der Waals surface area (Å²) in [4.78, 5) is 26.0. The molecule has 4 atom stereocenters. The van der Waals surface area contributed by atoms with E-state index in [1.54, 1.807) is 4.90 Å². The zero-order valence-corrected chi connectivity index (χ0v) is 14.9. The Morgan fingerprint density at radius 2 is 1.92 bits per heavy atom. The van der Waals surface area contributed by atoms with Crippen LogP contribution >= 0.6 is 0 Å². The van der Waals surface area contributed by atoms with Crippen molar-refractivity contribution in [2.24, 2.45) is 17.8 Å². The molecule has 2 bridgehead atoms. The maximum Gasteiger partial charge on any atom is 0.239 e. The molecular weight excluding hydrogens is 316 g/mol. The molecule has 0 aliphatic heterocycles. The SMILES string of the molecule is CC(=O)N(CCc1ccccc1)CC(=O)NC1C2CCC(C2)C1CO. The van der Waals surface area contributed by atoms with Crippen molar-refractivity contribution in [2.45, 2.75) is 38.6 Å². The standard InChI is InChI=1S/C20H28N2O3/c1-14(24)22(10-9-15-5-3-2-4-6-15)12-19(25)21-20-17-8-7-16(11-17)18(20)13-23/h2-6,16-18,20,23H,7-13H2,1H3,(H,21,25). The van der Waals surface area contributed by atoms with Crippen molar-refractivity contribution in [2.75, 3.05) is 19.7 Å². The Bertz CT molecular complexity index is 604. The van der Waals surface area contributed by atoms with Crippen LogP contribution in [0.25, 0.3) is 0 Å². The van der Waals surface area contributed by atoms with Crippen molar-refractivity contribution < 1.29 is 14.7 Å². The van der Waals surface area contributed by atoms with Gasteiger partial charge in [0, 0.05) is 32.0 Å². The first-order valence-corrected chi connectivity index (χ1v) is 9.28. The van der Waals surface area contributed by atoms with Crippen LogP contribution in [0.5, 0.6) is 0 Å². The third kappa shape index (κ3) is 4.21. The van der Waals surface area contributed by atoms with Gasteiger partial charge in [0.1, 0.15) is 0 Å². The largest absolute Gasteiger partial charge is 0.396 e. The van der Waals surface area contributed by atoms with Gasteiger partial charge in [0.25, 0.3) is 0 Å². The Morgan fingerprint density at radius 3 is 2.60 bits per heavy atom. The van der Waals surface area contributed by atoms with E-state index in [0.717, 1.165) is 24.8 Å². The quantitative estimate of drug-likeness (QED) is 0.789. The molecule has 2 N–H and O–H groups in total. The average Bonchev–Trinajstić information content (AvgIpc) is 3.20. The van der Waals surface area contributed by atoms with Gasteiger partial charge in [0.15, 0.2) is 0 Å². The summed E-state index contributed by atoms with van der Waals surface area (Å²) in [5.41, 5.74) is 1.16. The Balaban J connectivity index is 1.53. The first kappa shape index (κ1) is 17.9. The number of hydrogen-bond acceptors (Lipinski definition) is 3. The molecule has 2 aliphatic rings. The van der Waals surface area contributed by atoms with Gasteiger partial charge in [-0.1, -0.05) is 30.3 Å². The molecule has 2 aliphatic carbocycles. The molecule has 0 heterocycles. The fraction of sp³-hybridized carbons (Fsp3) is 0.600. The Morgan fingerprint density at radius 1 is 1.20 bits per heavy atom. The number of nitrogens with one attached hydrogen (secondary N) is 1. The van der Waals surface area contributed by atoms with E-state index in [1.165, 1.54) is 13.3 Å². The van der Waals surface area contributed by atoms with Crippen molar-refractivity contribution in [3.8, 4) is 0 Å². The predicted octanol–water partition coefficient (Wildman–Crippen LogP) is 1.60. The van der Waals surface area contributed by atoms with E-state index < -0.39 is 0 Å². The lowest BCUT2D eigenvalue weighted by molar-refractivity contribution is -0.134. The summed E-state index contributed by atoms with van der Waals surface area (Å²) in [5, 5.41) is 12.7. The number of carbonyl (C=O) groups excluding carboxylic acids is 2. The number of aliphatic hydroxyl groups excluding tert-OH is 1. The summed E-state index contributed by atoms with van der Waals surface area (Å²) in [6, 6.07) is 10.0. The highest BCUT2D eigenvalue weighted by Gasteiger charge is 2.47. The van der Waals surface area contributed by atoms with Crippen molar-refractivity contribution in [3.63, 3.8) is 0 Å².